The summed E-state index contributed by atoms with van der Waals surface area (Å²) in [6, 6.07) is 17.9. The van der Waals surface area contributed by atoms with Crippen LogP contribution >= 0.6 is 0 Å². The second-order valence-corrected chi connectivity index (χ2v) is 6.18. The van der Waals surface area contributed by atoms with Gasteiger partial charge in [-0.05, 0) is 34.5 Å². The van der Waals surface area contributed by atoms with Crippen LogP contribution in [0, 0.1) is 5.82 Å². The van der Waals surface area contributed by atoms with Crippen LogP contribution in [0.5, 0.6) is 0 Å². The summed E-state index contributed by atoms with van der Waals surface area (Å²) in [7, 11) is 0. The molecule has 4 nitrogen and oxygen atoms in total. The summed E-state index contributed by atoms with van der Waals surface area (Å²) in [5, 5.41) is 21.9. The molecule has 130 valence electrons. The van der Waals surface area contributed by atoms with Crippen molar-refractivity contribution in [3.63, 3.8) is 0 Å². The molecule has 4 aromatic rings. The quantitative estimate of drug-likeness (QED) is 0.581. The molecule has 2 N–H and O–H groups in total. The van der Waals surface area contributed by atoms with E-state index >= 15 is 0 Å². The number of benzene rings is 3. The van der Waals surface area contributed by atoms with Crippen molar-refractivity contribution in [2.75, 3.05) is 0 Å². The molecule has 0 aliphatic carbocycles. The Morgan fingerprint density at radius 3 is 2.54 bits per heavy atom. The lowest BCUT2D eigenvalue weighted by Crippen LogP contribution is -2.11. The number of aromatic carboxylic acids is 1. The first-order chi connectivity index (χ1) is 12.6. The van der Waals surface area contributed by atoms with Gasteiger partial charge in [0, 0.05) is 23.0 Å². The fraction of sp³-hybridized carbons (Fsp3) is 0.0952. The number of hydrogen-bond acceptors (Lipinski definition) is 2. The van der Waals surface area contributed by atoms with Crippen molar-refractivity contribution in [1.82, 2.24) is 4.57 Å². The summed E-state index contributed by atoms with van der Waals surface area (Å²) >= 11 is 0. The van der Waals surface area contributed by atoms with Crippen molar-refractivity contribution in [2.24, 2.45) is 0 Å². The minimum atomic E-state index is -1.15. The molecule has 1 heterocycles. The number of nitrogens with zero attached hydrogens (tertiary/aromatic N) is 1. The minimum Gasteiger partial charge on any atom is -0.477 e. The van der Waals surface area contributed by atoms with Gasteiger partial charge in [-0.15, -0.1) is 0 Å². The molecule has 4 rings (SSSR count). The maximum atomic E-state index is 13.7. The standard InChI is InChI=1S/C21H16FNO3/c22-15-8-9-19-17(10-15)18(12-24)20(21(25)26)23(19)11-14-6-3-5-13-4-1-2-7-16(13)14/h1-10,24H,11-12H2,(H,25,26). The zero-order chi connectivity index (χ0) is 18.3. The van der Waals surface area contributed by atoms with Crippen molar-refractivity contribution in [2.45, 2.75) is 13.2 Å². The Morgan fingerprint density at radius 1 is 1.00 bits per heavy atom. The molecule has 0 spiro atoms. The minimum absolute atomic E-state index is 0.0129. The van der Waals surface area contributed by atoms with Crippen LogP contribution in [0.1, 0.15) is 21.6 Å². The summed E-state index contributed by atoms with van der Waals surface area (Å²) < 4.78 is 15.3. The molecule has 26 heavy (non-hydrogen) atoms. The highest BCUT2D eigenvalue weighted by atomic mass is 19.1. The molecule has 0 amide bonds. The first-order valence-electron chi connectivity index (χ1n) is 8.21. The van der Waals surface area contributed by atoms with Gasteiger partial charge in [-0.2, -0.15) is 0 Å². The number of carboxylic acids is 1. The zero-order valence-corrected chi connectivity index (χ0v) is 13.8. The van der Waals surface area contributed by atoms with Gasteiger partial charge in [0.2, 0.25) is 0 Å². The van der Waals surface area contributed by atoms with Crippen LogP contribution < -0.4 is 0 Å². The fourth-order valence-electron chi connectivity index (χ4n) is 3.57. The van der Waals surface area contributed by atoms with E-state index in [1.165, 1.54) is 12.1 Å². The van der Waals surface area contributed by atoms with Crippen molar-refractivity contribution >= 4 is 27.6 Å². The second kappa shape index (κ2) is 6.28. The zero-order valence-electron chi connectivity index (χ0n) is 13.8. The van der Waals surface area contributed by atoms with Crippen LogP contribution in [0.25, 0.3) is 21.7 Å². The highest BCUT2D eigenvalue weighted by Gasteiger charge is 2.22. The Morgan fingerprint density at radius 2 is 1.77 bits per heavy atom. The van der Waals surface area contributed by atoms with Gasteiger partial charge >= 0.3 is 5.97 Å². The van der Waals surface area contributed by atoms with E-state index in [1.807, 2.05) is 42.5 Å². The molecular weight excluding hydrogens is 333 g/mol. The third-order valence-electron chi connectivity index (χ3n) is 4.70. The Balaban J connectivity index is 1.99. The van der Waals surface area contributed by atoms with Crippen LogP contribution in [-0.4, -0.2) is 20.7 Å². The molecule has 0 fully saturated rings. The molecule has 3 aromatic carbocycles. The van der Waals surface area contributed by atoms with Crippen LogP contribution in [0.4, 0.5) is 4.39 Å². The molecule has 5 heteroatoms. The number of aliphatic hydroxyl groups is 1. The molecule has 0 saturated carbocycles. The van der Waals surface area contributed by atoms with E-state index in [1.54, 1.807) is 10.6 Å². The molecule has 0 bridgehead atoms. The summed E-state index contributed by atoms with van der Waals surface area (Å²) in [4.78, 5) is 11.9. The SMILES string of the molecule is O=C(O)c1c(CO)c2cc(F)ccc2n1Cc1cccc2ccccc12. The van der Waals surface area contributed by atoms with E-state index in [-0.39, 0.29) is 11.3 Å². The number of rotatable bonds is 4. The molecule has 0 aliphatic rings. The first-order valence-corrected chi connectivity index (χ1v) is 8.21. The molecule has 0 saturated heterocycles. The van der Waals surface area contributed by atoms with Crippen LogP contribution in [0.3, 0.4) is 0 Å². The second-order valence-electron chi connectivity index (χ2n) is 6.18. The van der Waals surface area contributed by atoms with E-state index in [9.17, 15) is 19.4 Å². The van der Waals surface area contributed by atoms with Gasteiger partial charge in [-0.3, -0.25) is 0 Å². The Labute approximate surface area is 148 Å². The number of halogens is 1. The van der Waals surface area contributed by atoms with Crippen LogP contribution in [0.15, 0.2) is 60.7 Å². The summed E-state index contributed by atoms with van der Waals surface area (Å²) in [6.45, 7) is -0.157. The molecular formula is C21H16FNO3. The van der Waals surface area contributed by atoms with E-state index in [4.69, 9.17) is 0 Å². The lowest BCUT2D eigenvalue weighted by Gasteiger charge is -2.12. The number of hydrogen-bond donors (Lipinski definition) is 2. The smallest absolute Gasteiger partial charge is 0.352 e. The predicted molar refractivity (Wildman–Crippen MR) is 97.8 cm³/mol. The van der Waals surface area contributed by atoms with E-state index in [0.717, 1.165) is 16.3 Å². The van der Waals surface area contributed by atoms with E-state index < -0.39 is 18.4 Å². The maximum absolute atomic E-state index is 13.7. The van der Waals surface area contributed by atoms with Gasteiger partial charge in [-0.25, -0.2) is 9.18 Å². The van der Waals surface area contributed by atoms with Crippen LogP contribution in [-0.2, 0) is 13.2 Å². The molecule has 1 aromatic heterocycles. The van der Waals surface area contributed by atoms with E-state index in [2.05, 4.69) is 0 Å². The monoisotopic (exact) mass is 349 g/mol. The molecule has 0 radical (unpaired) electrons. The number of aliphatic hydroxyl groups excluding tert-OH is 1. The third-order valence-corrected chi connectivity index (χ3v) is 4.70. The molecule has 0 unspecified atom stereocenters. The van der Waals surface area contributed by atoms with E-state index in [0.29, 0.717) is 17.4 Å². The fourth-order valence-corrected chi connectivity index (χ4v) is 3.57. The van der Waals surface area contributed by atoms with Crippen LogP contribution in [0.2, 0.25) is 0 Å². The lowest BCUT2D eigenvalue weighted by atomic mass is 10.0. The Hall–Kier alpha value is -3.18. The lowest BCUT2D eigenvalue weighted by molar-refractivity contribution is 0.0682. The normalized spacial score (nSPS) is 11.3. The first kappa shape index (κ1) is 16.3. The highest BCUT2D eigenvalue weighted by molar-refractivity contribution is 5.98. The average molecular weight is 349 g/mol. The average Bonchev–Trinajstić information content (AvgIpc) is 2.95. The van der Waals surface area contributed by atoms with Crippen molar-refractivity contribution in [1.29, 1.82) is 0 Å². The topological polar surface area (TPSA) is 62.5 Å². The molecule has 0 aliphatic heterocycles. The van der Waals surface area contributed by atoms with Crippen molar-refractivity contribution in [3.8, 4) is 0 Å². The Bertz CT molecular complexity index is 1140. The summed E-state index contributed by atoms with van der Waals surface area (Å²) in [5.41, 5.74) is 1.75. The predicted octanol–water partition coefficient (Wildman–Crippen LogP) is 4.17. The third kappa shape index (κ3) is 2.53. The molecule has 0 atom stereocenters. The number of fused-ring (bicyclic) bond motifs is 2. The number of aromatic nitrogens is 1. The van der Waals surface area contributed by atoms with Gasteiger partial charge in [0.05, 0.1) is 6.61 Å². The van der Waals surface area contributed by atoms with Gasteiger partial charge < -0.3 is 14.8 Å². The van der Waals surface area contributed by atoms with Crippen molar-refractivity contribution in [3.05, 3.63) is 83.3 Å². The summed E-state index contributed by atoms with van der Waals surface area (Å²) in [5.74, 6) is -1.61. The summed E-state index contributed by atoms with van der Waals surface area (Å²) in [6.07, 6.45) is 0. The van der Waals surface area contributed by atoms with Crippen molar-refractivity contribution < 1.29 is 19.4 Å². The van der Waals surface area contributed by atoms with Gasteiger partial charge in [-0.1, -0.05) is 42.5 Å². The number of carbonyl (C=O) groups is 1. The van der Waals surface area contributed by atoms with Gasteiger partial charge in [0.1, 0.15) is 11.5 Å². The Kier molecular flexibility index (Phi) is 3.93. The number of carboxylic acid groups (broad SMARTS) is 1. The largest absolute Gasteiger partial charge is 0.477 e. The van der Waals surface area contributed by atoms with Gasteiger partial charge in [0.25, 0.3) is 0 Å². The van der Waals surface area contributed by atoms with Gasteiger partial charge in [0.15, 0.2) is 0 Å². The highest BCUT2D eigenvalue weighted by Crippen LogP contribution is 2.29. The maximum Gasteiger partial charge on any atom is 0.352 e.